The topological polar surface area (TPSA) is 69.6 Å². The molecule has 5 nitrogen and oxygen atoms in total. The van der Waals surface area contributed by atoms with E-state index in [4.69, 9.17) is 0 Å². The number of nitrogens with one attached hydrogen (secondary N) is 1. The first-order valence-electron chi connectivity index (χ1n) is 5.40. The van der Waals surface area contributed by atoms with E-state index >= 15 is 0 Å². The molecule has 0 bridgehead atoms. The van der Waals surface area contributed by atoms with Crippen LogP contribution in [-0.2, 0) is 9.59 Å². The zero-order valence-corrected chi connectivity index (χ0v) is 8.61. The maximum Gasteiger partial charge on any atom is 0.228 e. The molecule has 2 amide bonds. The van der Waals surface area contributed by atoms with Crippen LogP contribution < -0.4 is 5.32 Å². The summed E-state index contributed by atoms with van der Waals surface area (Å²) in [6, 6.07) is 0. The van der Waals surface area contributed by atoms with Gasteiger partial charge in [0.05, 0.1) is 12.0 Å². The van der Waals surface area contributed by atoms with Crippen molar-refractivity contribution in [2.24, 2.45) is 5.92 Å². The molecule has 15 heavy (non-hydrogen) atoms. The number of aliphatic hydroxyl groups excluding tert-OH is 1. The van der Waals surface area contributed by atoms with E-state index in [1.807, 2.05) is 0 Å². The minimum atomic E-state index is -0.396. The second-order valence-electron chi connectivity index (χ2n) is 4.29. The van der Waals surface area contributed by atoms with Gasteiger partial charge in [0.1, 0.15) is 0 Å². The number of rotatable bonds is 1. The number of hydrogen-bond donors (Lipinski definition) is 2. The molecule has 5 heteroatoms. The second-order valence-corrected chi connectivity index (χ2v) is 4.29. The fourth-order valence-electron chi connectivity index (χ4n) is 2.19. The predicted octanol–water partition coefficient (Wildman–Crippen LogP) is -0.894. The lowest BCUT2D eigenvalue weighted by Crippen LogP contribution is -2.45. The Balaban J connectivity index is 1.92. The van der Waals surface area contributed by atoms with Gasteiger partial charge in [-0.1, -0.05) is 0 Å². The third-order valence-electron chi connectivity index (χ3n) is 3.03. The van der Waals surface area contributed by atoms with Crippen LogP contribution in [0.1, 0.15) is 19.3 Å². The third-order valence-corrected chi connectivity index (χ3v) is 3.03. The molecule has 2 saturated heterocycles. The van der Waals surface area contributed by atoms with Crippen molar-refractivity contribution in [2.75, 3.05) is 19.6 Å². The molecule has 2 unspecified atom stereocenters. The Labute approximate surface area is 88.4 Å². The van der Waals surface area contributed by atoms with Crippen LogP contribution in [0.25, 0.3) is 0 Å². The van der Waals surface area contributed by atoms with Gasteiger partial charge < -0.3 is 15.3 Å². The van der Waals surface area contributed by atoms with Crippen molar-refractivity contribution in [3.8, 4) is 0 Å². The van der Waals surface area contributed by atoms with E-state index in [0.717, 1.165) is 12.8 Å². The molecule has 2 aliphatic rings. The van der Waals surface area contributed by atoms with E-state index in [0.29, 0.717) is 26.1 Å². The highest BCUT2D eigenvalue weighted by atomic mass is 16.3. The molecule has 2 aliphatic heterocycles. The molecule has 0 radical (unpaired) electrons. The van der Waals surface area contributed by atoms with E-state index in [2.05, 4.69) is 5.32 Å². The summed E-state index contributed by atoms with van der Waals surface area (Å²) in [6.07, 6.45) is 1.52. The Bertz CT molecular complexity index is 280. The van der Waals surface area contributed by atoms with Crippen LogP contribution in [0.5, 0.6) is 0 Å². The van der Waals surface area contributed by atoms with Crippen LogP contribution in [0.4, 0.5) is 0 Å². The van der Waals surface area contributed by atoms with Crippen LogP contribution >= 0.6 is 0 Å². The van der Waals surface area contributed by atoms with Crippen LogP contribution in [-0.4, -0.2) is 47.6 Å². The van der Waals surface area contributed by atoms with Crippen LogP contribution in [0.15, 0.2) is 0 Å². The quantitative estimate of drug-likeness (QED) is 0.592. The van der Waals surface area contributed by atoms with Crippen molar-refractivity contribution in [2.45, 2.75) is 25.4 Å². The molecule has 0 aromatic carbocycles. The summed E-state index contributed by atoms with van der Waals surface area (Å²) in [7, 11) is 0. The van der Waals surface area contributed by atoms with Gasteiger partial charge in [-0.25, -0.2) is 0 Å². The highest BCUT2D eigenvalue weighted by Crippen LogP contribution is 2.17. The minimum absolute atomic E-state index is 0.00657. The number of β-amino-alcohol motifs (C(OH)–C–C–N with tert-alkyl or cyclic N) is 1. The van der Waals surface area contributed by atoms with Gasteiger partial charge in [0.25, 0.3) is 0 Å². The van der Waals surface area contributed by atoms with E-state index in [-0.39, 0.29) is 17.7 Å². The number of carbonyl (C=O) groups excluding carboxylic acids is 2. The van der Waals surface area contributed by atoms with E-state index in [1.54, 1.807) is 4.90 Å². The zero-order valence-electron chi connectivity index (χ0n) is 8.61. The predicted molar refractivity (Wildman–Crippen MR) is 52.9 cm³/mol. The fraction of sp³-hybridized carbons (Fsp3) is 0.800. The maximum absolute atomic E-state index is 11.9. The van der Waals surface area contributed by atoms with Crippen molar-refractivity contribution in [1.29, 1.82) is 0 Å². The van der Waals surface area contributed by atoms with Crippen molar-refractivity contribution in [1.82, 2.24) is 10.2 Å². The molecule has 2 N–H and O–H groups in total. The molecule has 0 saturated carbocycles. The number of aliphatic hydroxyl groups is 1. The molecular formula is C10H16N2O3. The number of amides is 2. The van der Waals surface area contributed by atoms with Gasteiger partial charge in [-0.3, -0.25) is 9.59 Å². The van der Waals surface area contributed by atoms with Gasteiger partial charge in [0, 0.05) is 26.1 Å². The summed E-state index contributed by atoms with van der Waals surface area (Å²) >= 11 is 0. The van der Waals surface area contributed by atoms with Crippen molar-refractivity contribution < 1.29 is 14.7 Å². The molecular weight excluding hydrogens is 196 g/mol. The Morgan fingerprint density at radius 1 is 1.53 bits per heavy atom. The number of nitrogens with zero attached hydrogens (tertiary/aromatic N) is 1. The summed E-state index contributed by atoms with van der Waals surface area (Å²) < 4.78 is 0. The highest BCUT2D eigenvalue weighted by molar-refractivity contribution is 5.89. The Morgan fingerprint density at radius 3 is 2.93 bits per heavy atom. The standard InChI is InChI=1S/C10H16N2O3/c13-8-2-1-3-12(6-8)10(15)7-4-9(14)11-5-7/h7-8,13H,1-6H2,(H,11,14). The smallest absolute Gasteiger partial charge is 0.228 e. The third kappa shape index (κ3) is 2.28. The summed E-state index contributed by atoms with van der Waals surface area (Å²) in [5.74, 6) is -0.263. The number of carbonyl (C=O) groups is 2. The van der Waals surface area contributed by atoms with E-state index in [1.165, 1.54) is 0 Å². The van der Waals surface area contributed by atoms with Gasteiger partial charge in [-0.15, -0.1) is 0 Å². The average Bonchev–Trinajstić information content (AvgIpc) is 2.64. The van der Waals surface area contributed by atoms with Crippen LogP contribution in [0.2, 0.25) is 0 Å². The van der Waals surface area contributed by atoms with Gasteiger partial charge in [0.15, 0.2) is 0 Å². The molecule has 2 fully saturated rings. The largest absolute Gasteiger partial charge is 0.391 e. The Morgan fingerprint density at radius 2 is 2.33 bits per heavy atom. The van der Waals surface area contributed by atoms with Crippen LogP contribution in [0.3, 0.4) is 0 Å². The Hall–Kier alpha value is -1.10. The highest BCUT2D eigenvalue weighted by Gasteiger charge is 2.33. The first-order valence-corrected chi connectivity index (χ1v) is 5.40. The van der Waals surface area contributed by atoms with E-state index in [9.17, 15) is 14.7 Å². The van der Waals surface area contributed by atoms with E-state index < -0.39 is 6.10 Å². The molecule has 0 spiro atoms. The fourth-order valence-corrected chi connectivity index (χ4v) is 2.19. The summed E-state index contributed by atoms with van der Waals surface area (Å²) in [5.41, 5.74) is 0. The number of hydrogen-bond acceptors (Lipinski definition) is 3. The van der Waals surface area contributed by atoms with Gasteiger partial charge >= 0.3 is 0 Å². The van der Waals surface area contributed by atoms with Crippen molar-refractivity contribution in [3.63, 3.8) is 0 Å². The average molecular weight is 212 g/mol. The molecule has 2 heterocycles. The zero-order chi connectivity index (χ0) is 10.8. The lowest BCUT2D eigenvalue weighted by atomic mass is 10.0. The van der Waals surface area contributed by atoms with Crippen LogP contribution in [0, 0.1) is 5.92 Å². The van der Waals surface area contributed by atoms with Gasteiger partial charge in [0.2, 0.25) is 11.8 Å². The monoisotopic (exact) mass is 212 g/mol. The first-order chi connectivity index (χ1) is 7.16. The number of piperidine rings is 1. The normalized spacial score (nSPS) is 31.5. The molecule has 2 atom stereocenters. The lowest BCUT2D eigenvalue weighted by molar-refractivity contribution is -0.138. The second kappa shape index (κ2) is 4.18. The number of likely N-dealkylation sites (tertiary alicyclic amines) is 1. The summed E-state index contributed by atoms with van der Waals surface area (Å²) in [5, 5.41) is 12.1. The first kappa shape index (κ1) is 10.4. The summed E-state index contributed by atoms with van der Waals surface area (Å²) in [4.78, 5) is 24.6. The molecule has 84 valence electrons. The summed E-state index contributed by atoms with van der Waals surface area (Å²) in [6.45, 7) is 1.58. The van der Waals surface area contributed by atoms with Crippen molar-refractivity contribution in [3.05, 3.63) is 0 Å². The van der Waals surface area contributed by atoms with Crippen molar-refractivity contribution >= 4 is 11.8 Å². The van der Waals surface area contributed by atoms with Gasteiger partial charge in [-0.05, 0) is 12.8 Å². The minimum Gasteiger partial charge on any atom is -0.391 e. The maximum atomic E-state index is 11.9. The SMILES string of the molecule is O=C1CC(C(=O)N2CCCC(O)C2)CN1. The Kier molecular flexibility index (Phi) is 2.90. The van der Waals surface area contributed by atoms with Gasteiger partial charge in [-0.2, -0.15) is 0 Å². The lowest BCUT2D eigenvalue weighted by Gasteiger charge is -2.31. The molecule has 0 aromatic heterocycles. The molecule has 0 aromatic rings. The molecule has 0 aliphatic carbocycles. The molecule has 2 rings (SSSR count).